The van der Waals surface area contributed by atoms with Gasteiger partial charge in [-0.05, 0) is 39.0 Å². The molecule has 158 valence electrons. The number of phenols is 1. The molecule has 0 aliphatic carbocycles. The molecule has 1 saturated heterocycles. The van der Waals surface area contributed by atoms with E-state index in [1.165, 1.54) is 0 Å². The van der Waals surface area contributed by atoms with Crippen molar-refractivity contribution < 1.29 is 19.7 Å². The van der Waals surface area contributed by atoms with Crippen molar-refractivity contribution in [2.45, 2.75) is 32.7 Å². The predicted octanol–water partition coefficient (Wildman–Crippen LogP) is 3.04. The number of aromatic nitrogens is 3. The molecule has 3 heterocycles. The molecule has 0 amide bonds. The van der Waals surface area contributed by atoms with Gasteiger partial charge in [0.15, 0.2) is 17.4 Å². The Morgan fingerprint density at radius 2 is 1.93 bits per heavy atom. The Labute approximate surface area is 175 Å². The maximum atomic E-state index is 9.99. The van der Waals surface area contributed by atoms with Gasteiger partial charge in [-0.25, -0.2) is 9.97 Å². The first-order chi connectivity index (χ1) is 14.3. The Balaban J connectivity index is 1.83. The van der Waals surface area contributed by atoms with Crippen molar-refractivity contribution >= 4 is 16.9 Å². The molecule has 1 fully saturated rings. The van der Waals surface area contributed by atoms with E-state index in [4.69, 9.17) is 19.4 Å². The number of aliphatic hydroxyl groups is 1. The van der Waals surface area contributed by atoms with Crippen LogP contribution in [0.4, 0.5) is 5.82 Å². The summed E-state index contributed by atoms with van der Waals surface area (Å²) in [6, 6.07) is 8.79. The van der Waals surface area contributed by atoms with Gasteiger partial charge in [-0.2, -0.15) is 0 Å². The first-order valence-electron chi connectivity index (χ1n) is 10.0. The van der Waals surface area contributed by atoms with E-state index in [0.29, 0.717) is 43.2 Å². The highest BCUT2D eigenvalue weighted by atomic mass is 16.6. The topological polar surface area (TPSA) is 101 Å². The van der Waals surface area contributed by atoms with E-state index in [1.54, 1.807) is 38.2 Å². The van der Waals surface area contributed by atoms with Crippen molar-refractivity contribution in [3.8, 4) is 17.1 Å². The predicted molar refractivity (Wildman–Crippen MR) is 113 cm³/mol. The first kappa shape index (κ1) is 20.5. The van der Waals surface area contributed by atoms with E-state index in [1.807, 2.05) is 19.1 Å². The Morgan fingerprint density at radius 1 is 1.17 bits per heavy atom. The summed E-state index contributed by atoms with van der Waals surface area (Å²) in [5, 5.41) is 19.9. The second-order valence-electron chi connectivity index (χ2n) is 7.86. The third kappa shape index (κ3) is 4.51. The average Bonchev–Trinajstić information content (AvgIpc) is 2.72. The van der Waals surface area contributed by atoms with E-state index in [-0.39, 0.29) is 11.9 Å². The zero-order valence-corrected chi connectivity index (χ0v) is 17.4. The molecule has 8 heteroatoms. The Hall–Kier alpha value is -2.81. The molecule has 2 N–H and O–H groups in total. The van der Waals surface area contributed by atoms with E-state index < -0.39 is 5.79 Å². The van der Waals surface area contributed by atoms with Crippen LogP contribution in [0.2, 0.25) is 0 Å². The SMILES string of the molecule is CC(OC(C)(C)O)c1cnc2c(N3CCOCC3)nc(-c3cccc(O)c3)nc2c1. The van der Waals surface area contributed by atoms with Crippen molar-refractivity contribution in [2.24, 2.45) is 0 Å². The smallest absolute Gasteiger partial charge is 0.162 e. The molecule has 0 radical (unpaired) electrons. The maximum absolute atomic E-state index is 9.99. The quantitative estimate of drug-likeness (QED) is 0.619. The number of pyridine rings is 1. The molecule has 1 atom stereocenters. The lowest BCUT2D eigenvalue weighted by atomic mass is 10.1. The molecule has 4 rings (SSSR count). The Bertz CT molecular complexity index is 1040. The lowest BCUT2D eigenvalue weighted by Crippen LogP contribution is -2.37. The zero-order valence-electron chi connectivity index (χ0n) is 17.4. The average molecular weight is 410 g/mol. The Morgan fingerprint density at radius 3 is 2.63 bits per heavy atom. The van der Waals surface area contributed by atoms with Gasteiger partial charge >= 0.3 is 0 Å². The van der Waals surface area contributed by atoms with Crippen LogP contribution >= 0.6 is 0 Å². The fourth-order valence-electron chi connectivity index (χ4n) is 3.51. The number of phenolic OH excluding ortho intramolecular Hbond substituents is 1. The molecule has 8 nitrogen and oxygen atoms in total. The number of hydrogen-bond donors (Lipinski definition) is 2. The molecular weight excluding hydrogens is 384 g/mol. The van der Waals surface area contributed by atoms with Crippen LogP contribution in [0.25, 0.3) is 22.4 Å². The number of anilines is 1. The molecule has 0 spiro atoms. The second-order valence-corrected chi connectivity index (χ2v) is 7.86. The number of rotatable bonds is 5. The fourth-order valence-corrected chi connectivity index (χ4v) is 3.51. The molecule has 1 aliphatic heterocycles. The van der Waals surface area contributed by atoms with Crippen LogP contribution in [-0.2, 0) is 9.47 Å². The minimum Gasteiger partial charge on any atom is -0.508 e. The molecule has 30 heavy (non-hydrogen) atoms. The standard InChI is InChI=1S/C22H26N4O4/c1-14(30-22(2,3)28)16-12-18-19(23-13-16)21(26-7-9-29-10-8-26)25-20(24-18)15-5-4-6-17(27)11-15/h4-6,11-14,27-28H,7-10H2,1-3H3. The number of fused-ring (bicyclic) bond motifs is 1. The maximum Gasteiger partial charge on any atom is 0.162 e. The van der Waals surface area contributed by atoms with Gasteiger partial charge in [0, 0.05) is 30.4 Å². The highest BCUT2D eigenvalue weighted by Crippen LogP contribution is 2.30. The molecule has 2 aromatic heterocycles. The molecular formula is C22H26N4O4. The second kappa shape index (κ2) is 8.14. The summed E-state index contributed by atoms with van der Waals surface area (Å²) < 4.78 is 11.1. The van der Waals surface area contributed by atoms with Gasteiger partial charge in [0.25, 0.3) is 0 Å². The molecule has 1 aliphatic rings. The van der Waals surface area contributed by atoms with Crippen LogP contribution in [0.1, 0.15) is 32.4 Å². The highest BCUT2D eigenvalue weighted by Gasteiger charge is 2.22. The summed E-state index contributed by atoms with van der Waals surface area (Å²) in [5.41, 5.74) is 2.89. The summed E-state index contributed by atoms with van der Waals surface area (Å²) >= 11 is 0. The first-order valence-corrected chi connectivity index (χ1v) is 10.0. The molecule has 0 bridgehead atoms. The number of benzene rings is 1. The van der Waals surface area contributed by atoms with Gasteiger partial charge in [0.1, 0.15) is 11.3 Å². The highest BCUT2D eigenvalue weighted by molar-refractivity contribution is 5.88. The van der Waals surface area contributed by atoms with Gasteiger partial charge in [0.2, 0.25) is 0 Å². The lowest BCUT2D eigenvalue weighted by molar-refractivity contribution is -0.203. The van der Waals surface area contributed by atoms with Crippen molar-refractivity contribution in [2.75, 3.05) is 31.2 Å². The normalized spacial score (nSPS) is 16.1. The van der Waals surface area contributed by atoms with Crippen molar-refractivity contribution in [1.29, 1.82) is 0 Å². The summed E-state index contributed by atoms with van der Waals surface area (Å²) in [4.78, 5) is 16.3. The van der Waals surface area contributed by atoms with E-state index >= 15 is 0 Å². The largest absolute Gasteiger partial charge is 0.508 e. The van der Waals surface area contributed by atoms with Gasteiger partial charge in [0.05, 0.1) is 24.8 Å². The van der Waals surface area contributed by atoms with Crippen LogP contribution in [0, 0.1) is 0 Å². The van der Waals surface area contributed by atoms with Crippen LogP contribution in [-0.4, -0.2) is 57.3 Å². The van der Waals surface area contributed by atoms with Crippen LogP contribution in [0.15, 0.2) is 36.5 Å². The van der Waals surface area contributed by atoms with Crippen LogP contribution in [0.5, 0.6) is 5.75 Å². The summed E-state index contributed by atoms with van der Waals surface area (Å²) in [7, 11) is 0. The van der Waals surface area contributed by atoms with Crippen LogP contribution in [0.3, 0.4) is 0 Å². The zero-order chi connectivity index (χ0) is 21.3. The van der Waals surface area contributed by atoms with Gasteiger partial charge in [-0.15, -0.1) is 0 Å². The van der Waals surface area contributed by atoms with Crippen molar-refractivity contribution in [3.05, 3.63) is 42.1 Å². The number of hydrogen-bond acceptors (Lipinski definition) is 8. The third-order valence-electron chi connectivity index (χ3n) is 4.89. The van der Waals surface area contributed by atoms with Crippen molar-refractivity contribution in [1.82, 2.24) is 15.0 Å². The number of ether oxygens (including phenoxy) is 2. The van der Waals surface area contributed by atoms with E-state index in [9.17, 15) is 10.2 Å². The van der Waals surface area contributed by atoms with E-state index in [0.717, 1.165) is 16.9 Å². The fraction of sp³-hybridized carbons (Fsp3) is 0.409. The number of morpholine rings is 1. The molecule has 0 saturated carbocycles. The van der Waals surface area contributed by atoms with Gasteiger partial charge < -0.3 is 24.6 Å². The summed E-state index contributed by atoms with van der Waals surface area (Å²) in [6.45, 7) is 7.73. The molecule has 3 aromatic rings. The molecule has 1 aromatic carbocycles. The number of nitrogens with zero attached hydrogens (tertiary/aromatic N) is 4. The monoisotopic (exact) mass is 410 g/mol. The molecule has 1 unspecified atom stereocenters. The van der Waals surface area contributed by atoms with Crippen molar-refractivity contribution in [3.63, 3.8) is 0 Å². The van der Waals surface area contributed by atoms with Gasteiger partial charge in [-0.3, -0.25) is 4.98 Å². The summed E-state index contributed by atoms with van der Waals surface area (Å²) in [6.07, 6.45) is 1.37. The third-order valence-corrected chi connectivity index (χ3v) is 4.89. The minimum atomic E-state index is -1.26. The van der Waals surface area contributed by atoms with Crippen LogP contribution < -0.4 is 4.90 Å². The minimum absolute atomic E-state index is 0.156. The number of aromatic hydroxyl groups is 1. The Kier molecular flexibility index (Phi) is 5.55. The summed E-state index contributed by atoms with van der Waals surface area (Å²) in [5.74, 6) is 0.147. The van der Waals surface area contributed by atoms with Gasteiger partial charge in [-0.1, -0.05) is 12.1 Å². The lowest BCUT2D eigenvalue weighted by Gasteiger charge is -2.29. The van der Waals surface area contributed by atoms with E-state index in [2.05, 4.69) is 9.88 Å².